The molecule has 11 rings (SSSR count). The standard InChI is InChI=1S/C56H37NO2/c58-55-47-26-13-14-27-53(47)59-54-33-30-41(35-48(54)55)39-18-15-19-40(34-39)43-29-32-52-50(37-43)56(44-20-7-2-8-21-44,45-22-9-3-10-23-45)49-36-42(38-16-5-1-6-17-38)28-31-51(49)57(52)46-24-11-4-12-25-46/h1-37H. The summed E-state index contributed by atoms with van der Waals surface area (Å²) < 4.78 is 6.15. The average Bonchev–Trinajstić information content (AvgIpc) is 3.31. The van der Waals surface area contributed by atoms with Crippen LogP contribution in [0.2, 0.25) is 0 Å². The number of para-hydroxylation sites is 2. The van der Waals surface area contributed by atoms with Gasteiger partial charge in [0.1, 0.15) is 11.2 Å². The Labute approximate surface area is 342 Å². The first-order valence-electron chi connectivity index (χ1n) is 20.0. The van der Waals surface area contributed by atoms with Gasteiger partial charge in [-0.05, 0) is 122 Å². The first kappa shape index (κ1) is 34.5. The molecular weight excluding hydrogens is 719 g/mol. The molecule has 1 aromatic heterocycles. The van der Waals surface area contributed by atoms with Crippen molar-refractivity contribution < 1.29 is 4.42 Å². The zero-order valence-electron chi connectivity index (χ0n) is 32.1. The Morgan fingerprint density at radius 2 is 0.814 bits per heavy atom. The van der Waals surface area contributed by atoms with Crippen LogP contribution in [0.5, 0.6) is 0 Å². The SMILES string of the molecule is O=c1c2ccccc2oc2ccc(-c3cccc(-c4ccc5c(c4)C(c4ccccc4)(c4ccccc4)c4cc(-c6ccccc6)ccc4N5c4ccccc4)c3)cc12. The fourth-order valence-corrected chi connectivity index (χ4v) is 9.21. The zero-order chi connectivity index (χ0) is 39.3. The molecule has 0 saturated heterocycles. The second-order valence-electron chi connectivity index (χ2n) is 15.2. The fraction of sp³-hybridized carbons (Fsp3) is 0.0179. The van der Waals surface area contributed by atoms with E-state index in [1.807, 2.05) is 42.5 Å². The van der Waals surface area contributed by atoms with Crippen molar-refractivity contribution in [1.82, 2.24) is 0 Å². The molecule has 0 N–H and O–H groups in total. The molecule has 3 nitrogen and oxygen atoms in total. The molecule has 0 fully saturated rings. The molecule has 278 valence electrons. The van der Waals surface area contributed by atoms with Gasteiger partial charge in [-0.2, -0.15) is 0 Å². The number of hydrogen-bond donors (Lipinski definition) is 0. The van der Waals surface area contributed by atoms with Crippen LogP contribution >= 0.6 is 0 Å². The molecule has 0 amide bonds. The molecule has 59 heavy (non-hydrogen) atoms. The van der Waals surface area contributed by atoms with Crippen molar-refractivity contribution >= 4 is 39.0 Å². The highest BCUT2D eigenvalue weighted by molar-refractivity contribution is 5.94. The van der Waals surface area contributed by atoms with Gasteiger partial charge in [-0.15, -0.1) is 0 Å². The van der Waals surface area contributed by atoms with Gasteiger partial charge in [-0.3, -0.25) is 4.79 Å². The zero-order valence-corrected chi connectivity index (χ0v) is 32.1. The van der Waals surface area contributed by atoms with Crippen LogP contribution in [-0.4, -0.2) is 0 Å². The van der Waals surface area contributed by atoms with E-state index in [1.54, 1.807) is 0 Å². The lowest BCUT2D eigenvalue weighted by Gasteiger charge is -2.47. The molecule has 1 aliphatic rings. The van der Waals surface area contributed by atoms with E-state index in [-0.39, 0.29) is 5.43 Å². The first-order chi connectivity index (χ1) is 29.2. The maximum atomic E-state index is 13.6. The van der Waals surface area contributed by atoms with Gasteiger partial charge in [0.2, 0.25) is 5.43 Å². The van der Waals surface area contributed by atoms with Gasteiger partial charge in [0, 0.05) is 5.69 Å². The summed E-state index contributed by atoms with van der Waals surface area (Å²) in [7, 11) is 0. The van der Waals surface area contributed by atoms with Gasteiger partial charge in [0.05, 0.1) is 27.6 Å². The fourth-order valence-electron chi connectivity index (χ4n) is 9.21. The van der Waals surface area contributed by atoms with E-state index >= 15 is 0 Å². The maximum Gasteiger partial charge on any atom is 0.200 e. The molecule has 0 atom stereocenters. The Hall–Kier alpha value is -7.75. The molecule has 9 aromatic carbocycles. The summed E-state index contributed by atoms with van der Waals surface area (Å²) in [5.41, 5.74) is 15.1. The lowest BCUT2D eigenvalue weighted by Crippen LogP contribution is -2.37. The predicted molar refractivity (Wildman–Crippen MR) is 243 cm³/mol. The molecule has 0 aliphatic carbocycles. The number of benzene rings is 9. The summed E-state index contributed by atoms with van der Waals surface area (Å²) in [6, 6.07) is 79.2. The minimum Gasteiger partial charge on any atom is -0.456 e. The first-order valence-corrected chi connectivity index (χ1v) is 20.0. The third-order valence-electron chi connectivity index (χ3n) is 11.9. The highest BCUT2D eigenvalue weighted by Gasteiger charge is 2.47. The van der Waals surface area contributed by atoms with Crippen LogP contribution in [0.25, 0.3) is 55.3 Å². The van der Waals surface area contributed by atoms with Crippen LogP contribution in [0.3, 0.4) is 0 Å². The van der Waals surface area contributed by atoms with E-state index in [4.69, 9.17) is 4.42 Å². The highest BCUT2D eigenvalue weighted by Crippen LogP contribution is 2.59. The molecule has 1 aliphatic heterocycles. The summed E-state index contributed by atoms with van der Waals surface area (Å²) in [6.07, 6.45) is 0. The van der Waals surface area contributed by atoms with Crippen molar-refractivity contribution in [3.05, 3.63) is 257 Å². The Morgan fingerprint density at radius 1 is 0.356 bits per heavy atom. The Balaban J connectivity index is 1.16. The van der Waals surface area contributed by atoms with Crippen molar-refractivity contribution in [2.75, 3.05) is 4.90 Å². The summed E-state index contributed by atoms with van der Waals surface area (Å²) in [4.78, 5) is 16.1. The van der Waals surface area contributed by atoms with Crippen molar-refractivity contribution in [2.24, 2.45) is 0 Å². The number of nitrogens with zero attached hydrogens (tertiary/aromatic N) is 1. The maximum absolute atomic E-state index is 13.6. The van der Waals surface area contributed by atoms with E-state index < -0.39 is 5.41 Å². The molecule has 0 radical (unpaired) electrons. The lowest BCUT2D eigenvalue weighted by molar-refractivity contribution is 0.660. The molecule has 0 saturated carbocycles. The van der Waals surface area contributed by atoms with Crippen LogP contribution in [0.1, 0.15) is 22.3 Å². The minimum absolute atomic E-state index is 0.0219. The largest absolute Gasteiger partial charge is 0.456 e. The lowest BCUT2D eigenvalue weighted by atomic mass is 9.62. The molecule has 0 spiro atoms. The van der Waals surface area contributed by atoms with Gasteiger partial charge in [-0.25, -0.2) is 0 Å². The summed E-state index contributed by atoms with van der Waals surface area (Å²) in [6.45, 7) is 0. The summed E-state index contributed by atoms with van der Waals surface area (Å²) in [5.74, 6) is 0. The van der Waals surface area contributed by atoms with Crippen LogP contribution in [-0.2, 0) is 5.41 Å². The third kappa shape index (κ3) is 5.62. The van der Waals surface area contributed by atoms with Crippen molar-refractivity contribution in [1.29, 1.82) is 0 Å². The van der Waals surface area contributed by atoms with E-state index in [2.05, 4.69) is 187 Å². The second-order valence-corrected chi connectivity index (χ2v) is 15.2. The van der Waals surface area contributed by atoms with Crippen LogP contribution in [0, 0.1) is 0 Å². The molecule has 0 unspecified atom stereocenters. The second kappa shape index (κ2) is 14.0. The highest BCUT2D eigenvalue weighted by atomic mass is 16.3. The van der Waals surface area contributed by atoms with Gasteiger partial charge >= 0.3 is 0 Å². The smallest absolute Gasteiger partial charge is 0.200 e. The molecule has 10 aromatic rings. The van der Waals surface area contributed by atoms with Crippen LogP contribution < -0.4 is 10.3 Å². The van der Waals surface area contributed by atoms with Gasteiger partial charge < -0.3 is 9.32 Å². The van der Waals surface area contributed by atoms with Crippen molar-refractivity contribution in [2.45, 2.75) is 5.41 Å². The van der Waals surface area contributed by atoms with Gasteiger partial charge in [0.25, 0.3) is 0 Å². The van der Waals surface area contributed by atoms with Crippen LogP contribution in [0.4, 0.5) is 17.1 Å². The van der Waals surface area contributed by atoms with Crippen molar-refractivity contribution in [3.63, 3.8) is 0 Å². The van der Waals surface area contributed by atoms with E-state index in [0.717, 1.165) is 39.3 Å². The minimum atomic E-state index is -0.675. The Morgan fingerprint density at radius 3 is 1.44 bits per heavy atom. The topological polar surface area (TPSA) is 33.5 Å². The van der Waals surface area contributed by atoms with Gasteiger partial charge in [0.15, 0.2) is 0 Å². The quantitative estimate of drug-likeness (QED) is 0.159. The Kier molecular flexibility index (Phi) is 8.20. The summed E-state index contributed by atoms with van der Waals surface area (Å²) >= 11 is 0. The Bertz CT molecular complexity index is 3190. The molecule has 0 bridgehead atoms. The molecular formula is C56H37NO2. The van der Waals surface area contributed by atoms with E-state index in [0.29, 0.717) is 21.9 Å². The molecule has 2 heterocycles. The van der Waals surface area contributed by atoms with Gasteiger partial charge in [-0.1, -0.05) is 158 Å². The summed E-state index contributed by atoms with van der Waals surface area (Å²) in [5, 5.41) is 1.16. The number of hydrogen-bond acceptors (Lipinski definition) is 3. The molecule has 3 heteroatoms. The average molecular weight is 756 g/mol. The van der Waals surface area contributed by atoms with E-state index in [1.165, 1.54) is 33.4 Å². The van der Waals surface area contributed by atoms with Crippen LogP contribution in [0.15, 0.2) is 234 Å². The van der Waals surface area contributed by atoms with Crippen molar-refractivity contribution in [3.8, 4) is 33.4 Å². The monoisotopic (exact) mass is 755 g/mol. The van der Waals surface area contributed by atoms with E-state index in [9.17, 15) is 4.79 Å². The number of anilines is 3. The number of rotatable bonds is 6. The normalized spacial score (nSPS) is 12.9. The predicted octanol–water partition coefficient (Wildman–Crippen LogP) is 14.1. The number of fused-ring (bicyclic) bond motifs is 4. The third-order valence-corrected chi connectivity index (χ3v) is 11.9.